The van der Waals surface area contributed by atoms with Crippen molar-refractivity contribution >= 4 is 0 Å². The predicted molar refractivity (Wildman–Crippen MR) is 108 cm³/mol. The van der Waals surface area contributed by atoms with Crippen molar-refractivity contribution in [3.63, 3.8) is 0 Å². The highest BCUT2D eigenvalue weighted by Crippen LogP contribution is 2.43. The number of hydrogen-bond donors (Lipinski definition) is 2. The zero-order valence-corrected chi connectivity index (χ0v) is 17.1. The number of halogens is 3. The number of piperidine rings is 1. The van der Waals surface area contributed by atoms with Crippen LogP contribution in [0.15, 0.2) is 48.5 Å². The molecule has 2 aromatic carbocycles. The van der Waals surface area contributed by atoms with Gasteiger partial charge in [0.05, 0.1) is 7.11 Å². The predicted octanol–water partition coefficient (Wildman–Crippen LogP) is 4.81. The fraction of sp³-hybridized carbons (Fsp3) is 0.478. The summed E-state index contributed by atoms with van der Waals surface area (Å²) in [4.78, 5) is 0. The fourth-order valence-corrected chi connectivity index (χ4v) is 4.99. The number of nitrogens with one attached hydrogen (secondary N) is 2. The first kappa shape index (κ1) is 21.0. The van der Waals surface area contributed by atoms with Crippen molar-refractivity contribution in [3.05, 3.63) is 59.7 Å². The average molecular weight is 420 g/mol. The molecule has 4 rings (SSSR count). The van der Waals surface area contributed by atoms with E-state index < -0.39 is 6.36 Å². The first-order valence-electron chi connectivity index (χ1n) is 10.3. The van der Waals surface area contributed by atoms with E-state index in [9.17, 15) is 13.2 Å². The Hall–Kier alpha value is -2.25. The summed E-state index contributed by atoms with van der Waals surface area (Å²) in [6.45, 7) is 2.67. The molecule has 0 amide bonds. The van der Waals surface area contributed by atoms with Gasteiger partial charge in [0.15, 0.2) is 0 Å². The van der Waals surface area contributed by atoms with E-state index in [1.54, 1.807) is 0 Å². The lowest BCUT2D eigenvalue weighted by Gasteiger charge is -2.39. The van der Waals surface area contributed by atoms with Crippen molar-refractivity contribution < 1.29 is 22.6 Å². The van der Waals surface area contributed by atoms with E-state index in [1.807, 2.05) is 18.2 Å². The van der Waals surface area contributed by atoms with Crippen molar-refractivity contribution in [2.24, 2.45) is 11.8 Å². The second kappa shape index (κ2) is 8.47. The first-order valence-corrected chi connectivity index (χ1v) is 10.3. The van der Waals surface area contributed by atoms with Crippen molar-refractivity contribution in [1.29, 1.82) is 0 Å². The van der Waals surface area contributed by atoms with E-state index in [2.05, 4.69) is 34.4 Å². The van der Waals surface area contributed by atoms with Gasteiger partial charge in [-0.25, -0.2) is 0 Å². The van der Waals surface area contributed by atoms with Crippen LogP contribution >= 0.6 is 0 Å². The van der Waals surface area contributed by atoms with Gasteiger partial charge in [0.2, 0.25) is 0 Å². The molecule has 2 fully saturated rings. The Morgan fingerprint density at radius 1 is 1.10 bits per heavy atom. The lowest BCUT2D eigenvalue weighted by molar-refractivity contribution is -0.274. The Morgan fingerprint density at radius 2 is 1.87 bits per heavy atom. The zero-order valence-electron chi connectivity index (χ0n) is 17.1. The SMILES string of the molecule is COc1ccc(OC(F)(F)F)cc1CNC1C2CC(C)C(C2)NC1c1ccccc1. The number of ether oxygens (including phenoxy) is 2. The molecule has 1 heterocycles. The maximum absolute atomic E-state index is 12.6. The summed E-state index contributed by atoms with van der Waals surface area (Å²) < 4.78 is 47.4. The minimum Gasteiger partial charge on any atom is -0.496 e. The summed E-state index contributed by atoms with van der Waals surface area (Å²) in [6, 6.07) is 15.3. The second-order valence-corrected chi connectivity index (χ2v) is 8.30. The molecular formula is C23H27F3N2O2. The molecule has 7 heteroatoms. The molecule has 5 unspecified atom stereocenters. The van der Waals surface area contributed by atoms with Crippen LogP contribution in [-0.4, -0.2) is 25.6 Å². The van der Waals surface area contributed by atoms with E-state index in [-0.39, 0.29) is 17.8 Å². The van der Waals surface area contributed by atoms with Gasteiger partial charge in [0.25, 0.3) is 0 Å². The van der Waals surface area contributed by atoms with Crippen LogP contribution in [0.25, 0.3) is 0 Å². The third-order valence-electron chi connectivity index (χ3n) is 6.35. The molecule has 1 saturated carbocycles. The quantitative estimate of drug-likeness (QED) is 0.704. The van der Waals surface area contributed by atoms with Gasteiger partial charge in [0, 0.05) is 30.2 Å². The van der Waals surface area contributed by atoms with Gasteiger partial charge < -0.3 is 20.1 Å². The van der Waals surface area contributed by atoms with E-state index in [0.717, 1.165) is 12.8 Å². The topological polar surface area (TPSA) is 42.5 Å². The highest BCUT2D eigenvalue weighted by Gasteiger charge is 2.45. The van der Waals surface area contributed by atoms with E-state index in [0.29, 0.717) is 35.7 Å². The number of fused-ring (bicyclic) bond motifs is 2. The molecule has 4 nitrogen and oxygen atoms in total. The van der Waals surface area contributed by atoms with Crippen molar-refractivity contribution in [2.45, 2.75) is 50.8 Å². The van der Waals surface area contributed by atoms with Crippen molar-refractivity contribution in [2.75, 3.05) is 7.11 Å². The van der Waals surface area contributed by atoms with E-state index in [1.165, 1.54) is 30.9 Å². The van der Waals surface area contributed by atoms with Gasteiger partial charge in [-0.1, -0.05) is 37.3 Å². The molecule has 5 atom stereocenters. The standard InChI is InChI=1S/C23H27F3N2O2/c1-14-10-16-12-19(14)28-22(15-6-4-3-5-7-15)21(16)27-13-17-11-18(30-23(24,25)26)8-9-20(17)29-2/h3-9,11,14,16,19,21-22,27-28H,10,12-13H2,1-2H3. The summed E-state index contributed by atoms with van der Waals surface area (Å²) in [7, 11) is 1.52. The third-order valence-corrected chi connectivity index (χ3v) is 6.35. The van der Waals surface area contributed by atoms with Crippen molar-refractivity contribution in [1.82, 2.24) is 10.6 Å². The van der Waals surface area contributed by atoms with E-state index >= 15 is 0 Å². The van der Waals surface area contributed by atoms with Gasteiger partial charge >= 0.3 is 6.36 Å². The highest BCUT2D eigenvalue weighted by atomic mass is 19.4. The lowest BCUT2D eigenvalue weighted by Crippen LogP contribution is -2.51. The summed E-state index contributed by atoms with van der Waals surface area (Å²) >= 11 is 0. The number of benzene rings is 2. The van der Waals surface area contributed by atoms with Gasteiger partial charge in [0.1, 0.15) is 11.5 Å². The number of alkyl halides is 3. The monoisotopic (exact) mass is 420 g/mol. The van der Waals surface area contributed by atoms with Crippen LogP contribution in [0.4, 0.5) is 13.2 Å². The van der Waals surface area contributed by atoms with Gasteiger partial charge in [-0.15, -0.1) is 13.2 Å². The van der Waals surface area contributed by atoms with Gasteiger partial charge in [-0.2, -0.15) is 0 Å². The van der Waals surface area contributed by atoms with E-state index in [4.69, 9.17) is 4.74 Å². The number of methoxy groups -OCH3 is 1. The van der Waals surface area contributed by atoms with Crippen LogP contribution in [0.1, 0.15) is 36.9 Å². The summed E-state index contributed by atoms with van der Waals surface area (Å²) in [6.07, 6.45) is -2.48. The average Bonchev–Trinajstić information content (AvgIpc) is 3.01. The number of hydrogen-bond acceptors (Lipinski definition) is 4. The Labute approximate surface area is 174 Å². The largest absolute Gasteiger partial charge is 0.573 e. The smallest absolute Gasteiger partial charge is 0.496 e. The molecule has 30 heavy (non-hydrogen) atoms. The van der Waals surface area contributed by atoms with Crippen LogP contribution in [0.3, 0.4) is 0 Å². The summed E-state index contributed by atoms with van der Waals surface area (Å²) in [5.41, 5.74) is 1.86. The summed E-state index contributed by atoms with van der Waals surface area (Å²) in [5, 5.41) is 7.42. The summed E-state index contributed by atoms with van der Waals surface area (Å²) in [5.74, 6) is 1.41. The van der Waals surface area contributed by atoms with Crippen LogP contribution in [0.2, 0.25) is 0 Å². The van der Waals surface area contributed by atoms with Gasteiger partial charge in [-0.05, 0) is 48.4 Å². The third kappa shape index (κ3) is 4.57. The minimum atomic E-state index is -4.72. The lowest BCUT2D eigenvalue weighted by atomic mass is 9.84. The maximum atomic E-state index is 12.6. The molecule has 0 spiro atoms. The molecule has 2 bridgehead atoms. The highest BCUT2D eigenvalue weighted by molar-refractivity contribution is 5.40. The Kier molecular flexibility index (Phi) is 5.93. The normalized spacial score (nSPS) is 28.4. The Bertz CT molecular complexity index is 857. The van der Waals surface area contributed by atoms with Crippen LogP contribution in [0.5, 0.6) is 11.5 Å². The van der Waals surface area contributed by atoms with Crippen LogP contribution < -0.4 is 20.1 Å². The molecule has 0 radical (unpaired) electrons. The zero-order chi connectivity index (χ0) is 21.3. The van der Waals surface area contributed by atoms with Crippen LogP contribution in [-0.2, 0) is 6.54 Å². The molecule has 162 valence electrons. The molecule has 1 saturated heterocycles. The molecular weight excluding hydrogens is 393 g/mol. The second-order valence-electron chi connectivity index (χ2n) is 8.30. The molecule has 1 aliphatic carbocycles. The molecule has 0 aromatic heterocycles. The fourth-order valence-electron chi connectivity index (χ4n) is 4.99. The Balaban J connectivity index is 1.55. The molecule has 1 aliphatic heterocycles. The van der Waals surface area contributed by atoms with Crippen molar-refractivity contribution in [3.8, 4) is 11.5 Å². The molecule has 2 aliphatic rings. The first-order chi connectivity index (χ1) is 14.3. The molecule has 2 N–H and O–H groups in total. The maximum Gasteiger partial charge on any atom is 0.573 e. The molecule has 2 aromatic rings. The van der Waals surface area contributed by atoms with Gasteiger partial charge in [-0.3, -0.25) is 0 Å². The van der Waals surface area contributed by atoms with Crippen LogP contribution in [0, 0.1) is 11.8 Å². The minimum absolute atomic E-state index is 0.153. The Morgan fingerprint density at radius 3 is 2.57 bits per heavy atom. The number of rotatable bonds is 6.